The first kappa shape index (κ1) is 20.0. The van der Waals surface area contributed by atoms with E-state index in [1.165, 1.54) is 0 Å². The van der Waals surface area contributed by atoms with Crippen LogP contribution in [0.1, 0.15) is 51.8 Å². The monoisotopic (exact) mass is 364 g/mol. The molecule has 0 saturated carbocycles. The Balaban J connectivity index is 2.20. The molecule has 2 atom stereocenters. The number of aliphatic imine (C=N–C) groups is 1. The molecular formula is C17H28N6O3. The standard InChI is InChI=1S/C17H28N6O3/c1-17(2,3)14(16(25)26)12(15-20-22-23-21-15)10-11-4-5-13(18-7-6-11)19-8-9-24/h4,12,14,24H,5-10H2,1-3H3,(H,18,19)(H,25,26)(H,20,21,22,23). The number of aromatic amines is 1. The number of nitrogens with zero attached hydrogens (tertiary/aromatic N) is 4. The fourth-order valence-corrected chi connectivity index (χ4v) is 3.37. The summed E-state index contributed by atoms with van der Waals surface area (Å²) in [6.07, 6.45) is 4.04. The topological polar surface area (TPSA) is 136 Å². The minimum atomic E-state index is -0.858. The Kier molecular flexibility index (Phi) is 6.84. The van der Waals surface area contributed by atoms with E-state index >= 15 is 0 Å². The fraction of sp³-hybridized carbons (Fsp3) is 0.706. The van der Waals surface area contributed by atoms with Crippen molar-refractivity contribution in [2.45, 2.75) is 46.0 Å². The number of aromatic nitrogens is 4. The van der Waals surface area contributed by atoms with Gasteiger partial charge in [-0.05, 0) is 18.3 Å². The average molecular weight is 364 g/mol. The maximum absolute atomic E-state index is 12.0. The van der Waals surface area contributed by atoms with Crippen LogP contribution in [0.5, 0.6) is 0 Å². The number of nitrogens with one attached hydrogen (secondary N) is 2. The summed E-state index contributed by atoms with van der Waals surface area (Å²) in [7, 11) is 0. The van der Waals surface area contributed by atoms with Gasteiger partial charge in [0, 0.05) is 25.4 Å². The molecule has 0 radical (unpaired) electrons. The normalized spacial score (nSPS) is 17.7. The minimum absolute atomic E-state index is 0.0569. The van der Waals surface area contributed by atoms with Gasteiger partial charge in [0.15, 0.2) is 5.82 Å². The molecule has 2 rings (SSSR count). The molecule has 1 aromatic rings. The van der Waals surface area contributed by atoms with E-state index in [9.17, 15) is 9.90 Å². The summed E-state index contributed by atoms with van der Waals surface area (Å²) in [6.45, 7) is 6.91. The summed E-state index contributed by atoms with van der Waals surface area (Å²) in [4.78, 5) is 16.5. The van der Waals surface area contributed by atoms with Crippen molar-refractivity contribution in [3.63, 3.8) is 0 Å². The third-order valence-electron chi connectivity index (χ3n) is 4.54. The molecule has 0 aromatic carbocycles. The van der Waals surface area contributed by atoms with Crippen molar-refractivity contribution in [3.05, 3.63) is 17.5 Å². The molecule has 0 amide bonds. The Bertz CT molecular complexity index is 648. The summed E-state index contributed by atoms with van der Waals surface area (Å²) in [6, 6.07) is 0. The highest BCUT2D eigenvalue weighted by atomic mass is 16.4. The van der Waals surface area contributed by atoms with Gasteiger partial charge in [-0.25, -0.2) is 0 Å². The molecule has 9 heteroatoms. The van der Waals surface area contributed by atoms with Crippen LogP contribution in [-0.4, -0.2) is 62.3 Å². The van der Waals surface area contributed by atoms with Crippen LogP contribution in [0.3, 0.4) is 0 Å². The first-order chi connectivity index (χ1) is 12.3. The summed E-state index contributed by atoms with van der Waals surface area (Å²) < 4.78 is 0. The Morgan fingerprint density at radius 1 is 1.42 bits per heavy atom. The first-order valence-corrected chi connectivity index (χ1v) is 8.85. The molecule has 0 aliphatic carbocycles. The summed E-state index contributed by atoms with van der Waals surface area (Å²) in [5, 5.41) is 36.1. The van der Waals surface area contributed by atoms with Gasteiger partial charge >= 0.3 is 5.97 Å². The quantitative estimate of drug-likeness (QED) is 0.532. The van der Waals surface area contributed by atoms with E-state index in [2.05, 4.69) is 37.0 Å². The number of aliphatic hydroxyl groups excluding tert-OH is 1. The zero-order valence-electron chi connectivity index (χ0n) is 15.6. The molecule has 144 valence electrons. The van der Waals surface area contributed by atoms with Crippen molar-refractivity contribution in [1.29, 1.82) is 0 Å². The van der Waals surface area contributed by atoms with Crippen LogP contribution >= 0.6 is 0 Å². The largest absolute Gasteiger partial charge is 0.481 e. The van der Waals surface area contributed by atoms with Crippen LogP contribution in [0.4, 0.5) is 0 Å². The van der Waals surface area contributed by atoms with Gasteiger partial charge in [0.25, 0.3) is 0 Å². The number of H-pyrrole nitrogens is 1. The minimum Gasteiger partial charge on any atom is -0.481 e. The zero-order chi connectivity index (χ0) is 19.2. The van der Waals surface area contributed by atoms with E-state index in [0.717, 1.165) is 17.8 Å². The summed E-state index contributed by atoms with van der Waals surface area (Å²) in [5.41, 5.74) is 0.687. The van der Waals surface area contributed by atoms with Crippen molar-refractivity contribution in [2.24, 2.45) is 16.3 Å². The number of carboxylic acids is 1. The van der Waals surface area contributed by atoms with Crippen molar-refractivity contribution in [2.75, 3.05) is 19.7 Å². The molecule has 9 nitrogen and oxygen atoms in total. The van der Waals surface area contributed by atoms with Gasteiger partial charge in [0.1, 0.15) is 5.84 Å². The Morgan fingerprint density at radius 3 is 2.77 bits per heavy atom. The lowest BCUT2D eigenvalue weighted by atomic mass is 9.70. The van der Waals surface area contributed by atoms with E-state index < -0.39 is 17.3 Å². The van der Waals surface area contributed by atoms with E-state index in [-0.39, 0.29) is 12.5 Å². The Hall–Kier alpha value is -2.29. The van der Waals surface area contributed by atoms with E-state index in [0.29, 0.717) is 31.8 Å². The van der Waals surface area contributed by atoms with Crippen LogP contribution < -0.4 is 5.32 Å². The van der Waals surface area contributed by atoms with Crippen molar-refractivity contribution < 1.29 is 15.0 Å². The van der Waals surface area contributed by atoms with Crippen molar-refractivity contribution >= 4 is 11.8 Å². The van der Waals surface area contributed by atoms with Crippen LogP contribution in [0.15, 0.2) is 16.6 Å². The molecule has 1 aliphatic heterocycles. The van der Waals surface area contributed by atoms with Gasteiger partial charge < -0.3 is 15.5 Å². The number of hydrogen-bond donors (Lipinski definition) is 4. The second-order valence-electron chi connectivity index (χ2n) is 7.56. The molecule has 0 spiro atoms. The molecule has 1 aromatic heterocycles. The third-order valence-corrected chi connectivity index (χ3v) is 4.54. The number of carbonyl (C=O) groups is 1. The lowest BCUT2D eigenvalue weighted by Gasteiger charge is -2.32. The number of rotatable bonds is 7. The molecule has 2 unspecified atom stereocenters. The SMILES string of the molecule is CC(C)(C)C(C(=O)O)C(CC1=CCC(NCCO)=NCC1)c1nn[nH]n1. The second kappa shape index (κ2) is 8.88. The molecule has 26 heavy (non-hydrogen) atoms. The molecule has 2 heterocycles. The molecule has 0 bridgehead atoms. The Labute approximate surface area is 153 Å². The lowest BCUT2D eigenvalue weighted by Crippen LogP contribution is -2.34. The lowest BCUT2D eigenvalue weighted by molar-refractivity contribution is -0.146. The maximum Gasteiger partial charge on any atom is 0.307 e. The van der Waals surface area contributed by atoms with E-state index in [4.69, 9.17) is 5.11 Å². The number of carboxylic acid groups (broad SMARTS) is 1. The maximum atomic E-state index is 12.0. The fourth-order valence-electron chi connectivity index (χ4n) is 3.37. The molecular weight excluding hydrogens is 336 g/mol. The van der Waals surface area contributed by atoms with Gasteiger partial charge in [0.2, 0.25) is 0 Å². The van der Waals surface area contributed by atoms with Crippen LogP contribution in [0.25, 0.3) is 0 Å². The van der Waals surface area contributed by atoms with Crippen molar-refractivity contribution in [3.8, 4) is 0 Å². The average Bonchev–Trinajstić information content (AvgIpc) is 2.99. The number of amidine groups is 1. The smallest absolute Gasteiger partial charge is 0.307 e. The predicted octanol–water partition coefficient (Wildman–Crippen LogP) is 1.12. The van der Waals surface area contributed by atoms with E-state index in [1.807, 2.05) is 20.8 Å². The van der Waals surface area contributed by atoms with Gasteiger partial charge in [-0.15, -0.1) is 10.2 Å². The number of aliphatic carboxylic acids is 1. The van der Waals surface area contributed by atoms with Crippen LogP contribution in [-0.2, 0) is 4.79 Å². The van der Waals surface area contributed by atoms with Gasteiger partial charge in [-0.2, -0.15) is 5.21 Å². The molecule has 0 saturated heterocycles. The zero-order valence-corrected chi connectivity index (χ0v) is 15.6. The van der Waals surface area contributed by atoms with E-state index in [1.54, 1.807) is 0 Å². The van der Waals surface area contributed by atoms with Crippen molar-refractivity contribution in [1.82, 2.24) is 25.9 Å². The highest BCUT2D eigenvalue weighted by Gasteiger charge is 2.41. The first-order valence-electron chi connectivity index (χ1n) is 8.85. The molecule has 0 fully saturated rings. The van der Waals surface area contributed by atoms with Crippen LogP contribution in [0.2, 0.25) is 0 Å². The van der Waals surface area contributed by atoms with Gasteiger partial charge in [0.05, 0.1) is 12.5 Å². The summed E-state index contributed by atoms with van der Waals surface area (Å²) >= 11 is 0. The predicted molar refractivity (Wildman–Crippen MR) is 96.8 cm³/mol. The molecule has 4 N–H and O–H groups in total. The second-order valence-corrected chi connectivity index (χ2v) is 7.56. The Morgan fingerprint density at radius 2 is 2.19 bits per heavy atom. The van der Waals surface area contributed by atoms with Crippen LogP contribution in [0, 0.1) is 11.3 Å². The highest BCUT2D eigenvalue weighted by molar-refractivity contribution is 5.84. The highest BCUT2D eigenvalue weighted by Crippen LogP contribution is 2.41. The summed E-state index contributed by atoms with van der Waals surface area (Å²) in [5.74, 6) is -0.600. The van der Waals surface area contributed by atoms with Gasteiger partial charge in [-0.3, -0.25) is 9.79 Å². The number of aliphatic hydroxyl groups is 1. The third kappa shape index (κ3) is 5.35. The molecule has 1 aliphatic rings. The van der Waals surface area contributed by atoms with Gasteiger partial charge in [-0.1, -0.05) is 37.6 Å². The number of tetrazole rings is 1. The number of hydrogen-bond acceptors (Lipinski definition) is 7.